The maximum Gasteiger partial charge on any atom is 0.243 e. The number of hydrogen-bond acceptors (Lipinski definition) is 3. The molecule has 2 saturated heterocycles. The van der Waals surface area contributed by atoms with Gasteiger partial charge < -0.3 is 4.90 Å². The summed E-state index contributed by atoms with van der Waals surface area (Å²) in [7, 11) is -3.86. The first-order valence-electron chi connectivity index (χ1n) is 9.64. The average molecular weight is 420 g/mol. The van der Waals surface area contributed by atoms with Crippen molar-refractivity contribution < 1.29 is 22.0 Å². The number of halogens is 2. The van der Waals surface area contributed by atoms with Crippen LogP contribution in [-0.4, -0.2) is 42.7 Å². The number of amides is 1. The largest absolute Gasteiger partial charge is 0.334 e. The molecule has 0 radical (unpaired) electrons. The van der Waals surface area contributed by atoms with Crippen LogP contribution in [0.2, 0.25) is 0 Å². The third-order valence-corrected chi connectivity index (χ3v) is 7.56. The van der Waals surface area contributed by atoms with Crippen molar-refractivity contribution in [1.29, 1.82) is 0 Å². The number of rotatable bonds is 4. The van der Waals surface area contributed by atoms with Gasteiger partial charge in [0, 0.05) is 32.1 Å². The normalized spacial score (nSPS) is 23.1. The van der Waals surface area contributed by atoms with Gasteiger partial charge in [-0.3, -0.25) is 4.79 Å². The molecule has 0 spiro atoms. The van der Waals surface area contributed by atoms with Gasteiger partial charge in [0.25, 0.3) is 0 Å². The zero-order valence-corrected chi connectivity index (χ0v) is 16.6. The van der Waals surface area contributed by atoms with Crippen molar-refractivity contribution in [2.75, 3.05) is 13.1 Å². The van der Waals surface area contributed by atoms with Crippen LogP contribution < -0.4 is 0 Å². The summed E-state index contributed by atoms with van der Waals surface area (Å²) >= 11 is 0. The smallest absolute Gasteiger partial charge is 0.243 e. The summed E-state index contributed by atoms with van der Waals surface area (Å²) in [5, 5.41) is 0. The molecule has 2 fully saturated rings. The van der Waals surface area contributed by atoms with E-state index in [1.54, 1.807) is 17.0 Å². The third kappa shape index (κ3) is 4.04. The van der Waals surface area contributed by atoms with Crippen LogP contribution >= 0.6 is 0 Å². The quantitative estimate of drug-likeness (QED) is 0.764. The summed E-state index contributed by atoms with van der Waals surface area (Å²) in [5.74, 6) is -1.03. The third-order valence-electron chi connectivity index (χ3n) is 5.74. The van der Waals surface area contributed by atoms with E-state index >= 15 is 0 Å². The lowest BCUT2D eigenvalue weighted by Crippen LogP contribution is -2.43. The van der Waals surface area contributed by atoms with E-state index in [9.17, 15) is 22.0 Å². The van der Waals surface area contributed by atoms with Gasteiger partial charge in [0.05, 0.1) is 4.90 Å². The predicted octanol–water partition coefficient (Wildman–Crippen LogP) is 3.17. The molecule has 4 rings (SSSR count). The number of hydrogen-bond donors (Lipinski definition) is 0. The fraction of sp³-hybridized carbons (Fsp3) is 0.381. The molecule has 5 nitrogen and oxygen atoms in total. The number of likely N-dealkylation sites (tertiary alicyclic amines) is 1. The summed E-state index contributed by atoms with van der Waals surface area (Å²) in [6, 6.07) is 10.8. The van der Waals surface area contributed by atoms with Gasteiger partial charge in [0.2, 0.25) is 15.9 Å². The molecule has 29 heavy (non-hydrogen) atoms. The van der Waals surface area contributed by atoms with Crippen LogP contribution in [0.1, 0.15) is 24.8 Å². The molecule has 2 aromatic rings. The SMILES string of the molecule is O=C1CCCC2CN(S(=O)(=O)c3cccc(F)c3)CC2N1Cc1cccc(F)c1. The Hall–Kier alpha value is -2.32. The van der Waals surface area contributed by atoms with Gasteiger partial charge in [-0.2, -0.15) is 4.31 Å². The molecule has 0 bridgehead atoms. The van der Waals surface area contributed by atoms with Gasteiger partial charge in [-0.15, -0.1) is 0 Å². The average Bonchev–Trinajstić information content (AvgIpc) is 3.05. The minimum Gasteiger partial charge on any atom is -0.334 e. The van der Waals surface area contributed by atoms with E-state index in [2.05, 4.69) is 0 Å². The number of nitrogens with zero attached hydrogens (tertiary/aromatic N) is 2. The van der Waals surface area contributed by atoms with Crippen LogP contribution in [0.5, 0.6) is 0 Å². The highest BCUT2D eigenvalue weighted by atomic mass is 32.2. The second-order valence-corrected chi connectivity index (χ2v) is 9.59. The number of fused-ring (bicyclic) bond motifs is 1. The molecule has 2 aromatic carbocycles. The molecule has 1 amide bonds. The Kier molecular flexibility index (Phi) is 5.40. The van der Waals surface area contributed by atoms with Crippen molar-refractivity contribution in [2.45, 2.75) is 36.7 Å². The summed E-state index contributed by atoms with van der Waals surface area (Å²) in [4.78, 5) is 14.3. The Bertz CT molecular complexity index is 1030. The second kappa shape index (κ2) is 7.84. The van der Waals surface area contributed by atoms with Gasteiger partial charge in [-0.05, 0) is 54.7 Å². The Morgan fingerprint density at radius 2 is 1.72 bits per heavy atom. The standard InChI is InChI=1S/C21H22F2N2O3S/c22-17-6-1-4-15(10-17)12-25-20-14-24(13-16(20)5-2-9-21(25)26)29(27,28)19-8-3-7-18(23)11-19/h1,3-4,6-8,10-11,16,20H,2,5,9,12-14H2. The molecule has 2 unspecified atom stereocenters. The highest BCUT2D eigenvalue weighted by molar-refractivity contribution is 7.89. The molecule has 8 heteroatoms. The van der Waals surface area contributed by atoms with E-state index in [4.69, 9.17) is 0 Å². The molecule has 0 aromatic heterocycles. The van der Waals surface area contributed by atoms with Crippen LogP contribution in [-0.2, 0) is 21.4 Å². The summed E-state index contributed by atoms with van der Waals surface area (Å²) in [6.07, 6.45) is 1.83. The fourth-order valence-electron chi connectivity index (χ4n) is 4.31. The summed E-state index contributed by atoms with van der Waals surface area (Å²) in [5.41, 5.74) is 0.672. The van der Waals surface area contributed by atoms with E-state index in [0.717, 1.165) is 12.5 Å². The predicted molar refractivity (Wildman–Crippen MR) is 103 cm³/mol. The van der Waals surface area contributed by atoms with Gasteiger partial charge in [0.15, 0.2) is 0 Å². The van der Waals surface area contributed by atoms with Crippen molar-refractivity contribution in [3.8, 4) is 0 Å². The lowest BCUT2D eigenvalue weighted by atomic mass is 9.98. The molecule has 0 saturated carbocycles. The van der Waals surface area contributed by atoms with E-state index in [-0.39, 0.29) is 48.2 Å². The van der Waals surface area contributed by atoms with Gasteiger partial charge in [-0.25, -0.2) is 17.2 Å². The zero-order chi connectivity index (χ0) is 20.6. The Balaban J connectivity index is 1.60. The molecule has 154 valence electrons. The first-order valence-corrected chi connectivity index (χ1v) is 11.1. The Morgan fingerprint density at radius 3 is 2.45 bits per heavy atom. The second-order valence-electron chi connectivity index (χ2n) is 7.65. The molecular weight excluding hydrogens is 398 g/mol. The minimum atomic E-state index is -3.86. The molecule has 2 aliphatic heterocycles. The van der Waals surface area contributed by atoms with E-state index in [1.165, 1.54) is 34.6 Å². The topological polar surface area (TPSA) is 57.7 Å². The maximum absolute atomic E-state index is 13.6. The number of sulfonamides is 1. The van der Waals surface area contributed by atoms with Crippen LogP contribution in [0.25, 0.3) is 0 Å². The summed E-state index contributed by atoms with van der Waals surface area (Å²) in [6.45, 7) is 0.687. The Morgan fingerprint density at radius 1 is 1.00 bits per heavy atom. The first-order chi connectivity index (χ1) is 13.8. The molecular formula is C21H22F2N2O3S. The zero-order valence-electron chi connectivity index (χ0n) is 15.8. The van der Waals surface area contributed by atoms with Gasteiger partial charge in [0.1, 0.15) is 11.6 Å². The van der Waals surface area contributed by atoms with Crippen LogP contribution in [0.4, 0.5) is 8.78 Å². The summed E-state index contributed by atoms with van der Waals surface area (Å²) < 4.78 is 54.5. The lowest BCUT2D eigenvalue weighted by molar-refractivity contribution is -0.133. The maximum atomic E-state index is 13.6. The highest BCUT2D eigenvalue weighted by Crippen LogP contribution is 2.34. The lowest BCUT2D eigenvalue weighted by Gasteiger charge is -2.30. The van der Waals surface area contributed by atoms with Crippen molar-refractivity contribution in [1.82, 2.24) is 9.21 Å². The van der Waals surface area contributed by atoms with Gasteiger partial charge in [-0.1, -0.05) is 18.2 Å². The molecule has 2 heterocycles. The van der Waals surface area contributed by atoms with Crippen molar-refractivity contribution in [2.24, 2.45) is 5.92 Å². The van der Waals surface area contributed by atoms with Crippen molar-refractivity contribution >= 4 is 15.9 Å². The van der Waals surface area contributed by atoms with Crippen molar-refractivity contribution in [3.63, 3.8) is 0 Å². The van der Waals surface area contributed by atoms with Gasteiger partial charge >= 0.3 is 0 Å². The molecule has 0 aliphatic carbocycles. The highest BCUT2D eigenvalue weighted by Gasteiger charge is 2.44. The van der Waals surface area contributed by atoms with Crippen LogP contribution in [0.3, 0.4) is 0 Å². The van der Waals surface area contributed by atoms with E-state index in [1.807, 2.05) is 0 Å². The fourth-order valence-corrected chi connectivity index (χ4v) is 5.85. The van der Waals surface area contributed by atoms with Crippen molar-refractivity contribution in [3.05, 3.63) is 65.7 Å². The number of carbonyl (C=O) groups excluding carboxylic acids is 1. The van der Waals surface area contributed by atoms with Crippen LogP contribution in [0, 0.1) is 17.6 Å². The molecule has 0 N–H and O–H groups in total. The van der Waals surface area contributed by atoms with Crippen LogP contribution in [0.15, 0.2) is 53.4 Å². The van der Waals surface area contributed by atoms with E-state index in [0.29, 0.717) is 18.4 Å². The molecule has 2 atom stereocenters. The Labute approximate surface area is 169 Å². The first kappa shape index (κ1) is 20.0. The number of carbonyl (C=O) groups is 1. The molecule has 2 aliphatic rings. The monoisotopic (exact) mass is 420 g/mol. The number of benzene rings is 2. The van der Waals surface area contributed by atoms with E-state index < -0.39 is 15.8 Å². The minimum absolute atomic E-state index is 0.00153.